The van der Waals surface area contributed by atoms with Crippen LogP contribution in [-0.2, 0) is 14.8 Å². The molecule has 1 atom stereocenters. The molecular formula is C10H17N3O3S. The van der Waals surface area contributed by atoms with Gasteiger partial charge in [-0.1, -0.05) is 0 Å². The van der Waals surface area contributed by atoms with Crippen LogP contribution < -0.4 is 10.0 Å². The molecule has 0 saturated carbocycles. The lowest BCUT2D eigenvalue weighted by Crippen LogP contribution is -2.35. The Kier molecular flexibility index (Phi) is 4.86. The van der Waals surface area contributed by atoms with Crippen LogP contribution in [0.1, 0.15) is 6.92 Å². The highest BCUT2D eigenvalue weighted by atomic mass is 32.2. The van der Waals surface area contributed by atoms with Crippen LogP contribution in [0.15, 0.2) is 23.2 Å². The fourth-order valence-corrected chi connectivity index (χ4v) is 2.48. The average Bonchev–Trinajstić information content (AvgIpc) is 2.28. The summed E-state index contributed by atoms with van der Waals surface area (Å²) < 4.78 is 31.1. The summed E-state index contributed by atoms with van der Waals surface area (Å²) in [4.78, 5) is 4.09. The zero-order valence-electron chi connectivity index (χ0n) is 10.1. The highest BCUT2D eigenvalue weighted by Crippen LogP contribution is 2.10. The predicted molar refractivity (Wildman–Crippen MR) is 65.4 cm³/mol. The predicted octanol–water partition coefficient (Wildman–Crippen LogP) is 0.436. The quantitative estimate of drug-likeness (QED) is 0.774. The van der Waals surface area contributed by atoms with Crippen LogP contribution in [0.4, 0.5) is 5.82 Å². The van der Waals surface area contributed by atoms with E-state index in [-0.39, 0.29) is 10.9 Å². The van der Waals surface area contributed by atoms with Crippen LogP contribution in [0.5, 0.6) is 0 Å². The zero-order valence-corrected chi connectivity index (χ0v) is 10.9. The second-order valence-electron chi connectivity index (χ2n) is 3.61. The largest absolute Gasteiger partial charge is 0.383 e. The molecule has 17 heavy (non-hydrogen) atoms. The summed E-state index contributed by atoms with van der Waals surface area (Å²) in [6.07, 6.45) is 1.31. The van der Waals surface area contributed by atoms with Crippen molar-refractivity contribution in [3.63, 3.8) is 0 Å². The third kappa shape index (κ3) is 3.95. The van der Waals surface area contributed by atoms with E-state index in [0.717, 1.165) is 0 Å². The number of hydrogen-bond acceptors (Lipinski definition) is 5. The normalized spacial score (nSPS) is 13.4. The number of pyridine rings is 1. The van der Waals surface area contributed by atoms with E-state index in [1.54, 1.807) is 20.0 Å². The van der Waals surface area contributed by atoms with Gasteiger partial charge in [0.25, 0.3) is 0 Å². The lowest BCUT2D eigenvalue weighted by molar-refractivity contribution is 0.180. The Balaban J connectivity index is 2.82. The minimum Gasteiger partial charge on any atom is -0.383 e. The molecule has 1 unspecified atom stereocenters. The minimum absolute atomic E-state index is 0.138. The molecule has 0 spiro atoms. The molecule has 2 N–H and O–H groups in total. The molecule has 0 fully saturated rings. The maximum absolute atomic E-state index is 11.9. The van der Waals surface area contributed by atoms with Gasteiger partial charge in [0.15, 0.2) is 0 Å². The monoisotopic (exact) mass is 259 g/mol. The molecule has 7 heteroatoms. The number of sulfonamides is 1. The molecule has 0 aliphatic rings. The number of anilines is 1. The molecular weight excluding hydrogens is 242 g/mol. The van der Waals surface area contributed by atoms with Crippen molar-refractivity contribution in [3.8, 4) is 0 Å². The van der Waals surface area contributed by atoms with Crippen molar-refractivity contribution in [2.45, 2.75) is 17.9 Å². The second kappa shape index (κ2) is 5.95. The highest BCUT2D eigenvalue weighted by Gasteiger charge is 2.17. The van der Waals surface area contributed by atoms with Gasteiger partial charge in [0.2, 0.25) is 10.0 Å². The standard InChI is InChI=1S/C10H17N3O3S/c1-8(7-16-3)13-17(14,15)9-4-5-10(11-2)12-6-9/h4-6,8,13H,7H2,1-3H3,(H,11,12). The Bertz CT molecular complexity index is 444. The molecule has 0 bridgehead atoms. The Morgan fingerprint density at radius 1 is 1.47 bits per heavy atom. The maximum Gasteiger partial charge on any atom is 0.242 e. The number of nitrogens with zero attached hydrogens (tertiary/aromatic N) is 1. The first kappa shape index (κ1) is 13.9. The summed E-state index contributed by atoms with van der Waals surface area (Å²) in [6, 6.07) is 2.82. The first-order valence-corrected chi connectivity index (χ1v) is 6.63. The molecule has 6 nitrogen and oxygen atoms in total. The van der Waals surface area contributed by atoms with Crippen LogP contribution in [0, 0.1) is 0 Å². The number of hydrogen-bond donors (Lipinski definition) is 2. The topological polar surface area (TPSA) is 80.3 Å². The summed E-state index contributed by atoms with van der Waals surface area (Å²) in [5.41, 5.74) is 0. The fourth-order valence-electron chi connectivity index (χ4n) is 1.30. The van der Waals surface area contributed by atoms with Crippen LogP contribution in [-0.4, -0.2) is 40.2 Å². The first-order chi connectivity index (χ1) is 7.99. The number of rotatable bonds is 6. The van der Waals surface area contributed by atoms with Crippen molar-refractivity contribution in [3.05, 3.63) is 18.3 Å². The van der Waals surface area contributed by atoms with E-state index in [0.29, 0.717) is 12.4 Å². The average molecular weight is 259 g/mol. The van der Waals surface area contributed by atoms with E-state index in [4.69, 9.17) is 4.74 Å². The van der Waals surface area contributed by atoms with Crippen molar-refractivity contribution < 1.29 is 13.2 Å². The Morgan fingerprint density at radius 2 is 2.18 bits per heavy atom. The number of methoxy groups -OCH3 is 1. The summed E-state index contributed by atoms with van der Waals surface area (Å²) in [6.45, 7) is 2.05. The van der Waals surface area contributed by atoms with Gasteiger partial charge in [-0.2, -0.15) is 0 Å². The van der Waals surface area contributed by atoms with E-state index >= 15 is 0 Å². The molecule has 0 aliphatic heterocycles. The molecule has 0 radical (unpaired) electrons. The Labute approximate surface area is 101 Å². The molecule has 96 valence electrons. The number of aromatic nitrogens is 1. The van der Waals surface area contributed by atoms with Gasteiger partial charge in [-0.05, 0) is 19.1 Å². The Hall–Kier alpha value is -1.18. The summed E-state index contributed by atoms with van der Waals surface area (Å²) in [5, 5.41) is 2.82. The van der Waals surface area contributed by atoms with Crippen molar-refractivity contribution in [1.29, 1.82) is 0 Å². The molecule has 1 rings (SSSR count). The van der Waals surface area contributed by atoms with Crippen molar-refractivity contribution in [2.75, 3.05) is 26.1 Å². The molecule has 1 aromatic heterocycles. The van der Waals surface area contributed by atoms with E-state index in [1.165, 1.54) is 19.4 Å². The smallest absolute Gasteiger partial charge is 0.242 e. The van der Waals surface area contributed by atoms with Crippen LogP contribution in [0.3, 0.4) is 0 Å². The second-order valence-corrected chi connectivity index (χ2v) is 5.32. The van der Waals surface area contributed by atoms with Gasteiger partial charge in [0.1, 0.15) is 10.7 Å². The molecule has 0 saturated heterocycles. The van der Waals surface area contributed by atoms with Gasteiger partial charge in [0.05, 0.1) is 6.61 Å². The van der Waals surface area contributed by atoms with Gasteiger partial charge in [0, 0.05) is 26.4 Å². The Morgan fingerprint density at radius 3 is 2.65 bits per heavy atom. The SMILES string of the molecule is CNc1ccc(S(=O)(=O)NC(C)COC)cn1. The van der Waals surface area contributed by atoms with Gasteiger partial charge >= 0.3 is 0 Å². The van der Waals surface area contributed by atoms with Crippen molar-refractivity contribution >= 4 is 15.8 Å². The lowest BCUT2D eigenvalue weighted by Gasteiger charge is -2.13. The molecule has 1 heterocycles. The molecule has 0 amide bonds. The fraction of sp³-hybridized carbons (Fsp3) is 0.500. The van der Waals surface area contributed by atoms with E-state index in [1.807, 2.05) is 0 Å². The third-order valence-electron chi connectivity index (χ3n) is 2.08. The first-order valence-electron chi connectivity index (χ1n) is 5.14. The molecule has 1 aromatic rings. The van der Waals surface area contributed by atoms with E-state index < -0.39 is 10.0 Å². The summed E-state index contributed by atoms with van der Waals surface area (Å²) in [5.74, 6) is 0.619. The highest BCUT2D eigenvalue weighted by molar-refractivity contribution is 7.89. The zero-order chi connectivity index (χ0) is 12.9. The van der Waals surface area contributed by atoms with Gasteiger partial charge < -0.3 is 10.1 Å². The van der Waals surface area contributed by atoms with Crippen LogP contribution in [0.2, 0.25) is 0 Å². The van der Waals surface area contributed by atoms with Crippen molar-refractivity contribution in [2.24, 2.45) is 0 Å². The van der Waals surface area contributed by atoms with E-state index in [2.05, 4.69) is 15.0 Å². The number of ether oxygens (including phenoxy) is 1. The summed E-state index contributed by atoms with van der Waals surface area (Å²) in [7, 11) is -0.287. The molecule has 0 aliphatic carbocycles. The minimum atomic E-state index is -3.53. The maximum atomic E-state index is 11.9. The molecule has 0 aromatic carbocycles. The van der Waals surface area contributed by atoms with Crippen LogP contribution in [0.25, 0.3) is 0 Å². The van der Waals surface area contributed by atoms with Gasteiger partial charge in [-0.25, -0.2) is 18.1 Å². The number of nitrogens with one attached hydrogen (secondary N) is 2. The third-order valence-corrected chi connectivity index (χ3v) is 3.65. The lowest BCUT2D eigenvalue weighted by atomic mass is 10.4. The van der Waals surface area contributed by atoms with Gasteiger partial charge in [-0.3, -0.25) is 0 Å². The van der Waals surface area contributed by atoms with Crippen molar-refractivity contribution in [1.82, 2.24) is 9.71 Å². The summed E-state index contributed by atoms with van der Waals surface area (Å²) >= 11 is 0. The van der Waals surface area contributed by atoms with Crippen LogP contribution >= 0.6 is 0 Å². The van der Waals surface area contributed by atoms with E-state index in [9.17, 15) is 8.42 Å². The van der Waals surface area contributed by atoms with Gasteiger partial charge in [-0.15, -0.1) is 0 Å².